The van der Waals surface area contributed by atoms with Gasteiger partial charge in [-0.2, -0.15) is 0 Å². The summed E-state index contributed by atoms with van der Waals surface area (Å²) in [7, 11) is 0. The number of esters is 4. The van der Waals surface area contributed by atoms with Crippen LogP contribution < -0.4 is 9.97 Å². The molecule has 3 aliphatic heterocycles. The van der Waals surface area contributed by atoms with Gasteiger partial charge in [0.1, 0.15) is 18.4 Å². The van der Waals surface area contributed by atoms with Crippen LogP contribution in [-0.4, -0.2) is 86.2 Å². The number of hydrogen-bond donors (Lipinski definition) is 0. The van der Waals surface area contributed by atoms with Gasteiger partial charge in [0, 0.05) is 27.7 Å². The average Bonchev–Trinajstić information content (AvgIpc) is 4.39. The molecule has 8 aromatic rings. The zero-order valence-corrected chi connectivity index (χ0v) is 46.4. The Kier molecular flexibility index (Phi) is 15.8. The van der Waals surface area contributed by atoms with E-state index in [2.05, 4.69) is 58.9 Å². The van der Waals surface area contributed by atoms with Gasteiger partial charge < -0.3 is 38.4 Å². The van der Waals surface area contributed by atoms with Crippen molar-refractivity contribution in [3.63, 3.8) is 0 Å². The van der Waals surface area contributed by atoms with Gasteiger partial charge in [-0.15, -0.1) is 27.2 Å². The van der Waals surface area contributed by atoms with Crippen molar-refractivity contribution in [1.29, 1.82) is 0 Å². The summed E-state index contributed by atoms with van der Waals surface area (Å²) >= 11 is 0. The smallest absolute Gasteiger partial charge is 0.657 e. The van der Waals surface area contributed by atoms with Crippen LogP contribution in [0.25, 0.3) is 96.6 Å². The number of aromatic nitrogens is 7. The normalized spacial score (nSPS) is 17.3. The van der Waals surface area contributed by atoms with Crippen molar-refractivity contribution < 1.29 is 67.1 Å². The summed E-state index contributed by atoms with van der Waals surface area (Å²) in [6.45, 7) is 4.03. The first-order valence-electron chi connectivity index (χ1n) is 25.1. The summed E-state index contributed by atoms with van der Waals surface area (Å²) in [5.74, 6) is -2.89. The van der Waals surface area contributed by atoms with E-state index in [4.69, 9.17) is 48.4 Å². The standard InChI is InChI=1S/C61H49N7O10.Zn/c1-35(69)73-34-53-58(75-36(2)70)59(76-37(3)71)60(77-38(4)72)61(78-53)74-33-43-32-68(67-66-43)44-22-20-42(21-23-44)57-51-30-28-49(64-51)55(40-16-10-6-11-17-40)47-26-24-45(62-47)54(39-14-8-5-9-15-39)46-25-27-48(63-46)56(41-18-12-7-13-19-41)50-29-31-52(57)65-50;/h5-32,53,58-61H,33-34H2,1-4H3;/q-2;+2/t53-,58-,59+,60-,61-;/m1./s1. The van der Waals surface area contributed by atoms with Crippen molar-refractivity contribution in [3.05, 3.63) is 174 Å². The van der Waals surface area contributed by atoms with E-state index in [1.165, 1.54) is 6.92 Å². The van der Waals surface area contributed by atoms with Crippen molar-refractivity contribution in [3.8, 4) is 50.2 Å². The third-order valence-corrected chi connectivity index (χ3v) is 13.1. The first-order valence-corrected chi connectivity index (χ1v) is 25.1. The van der Waals surface area contributed by atoms with E-state index in [0.717, 1.165) is 98.9 Å². The minimum Gasteiger partial charge on any atom is -0.657 e. The van der Waals surface area contributed by atoms with Crippen LogP contribution in [-0.2, 0) is 73.7 Å². The maximum atomic E-state index is 12.4. The zero-order chi connectivity index (χ0) is 53.9. The van der Waals surface area contributed by atoms with Crippen molar-refractivity contribution in [2.24, 2.45) is 0 Å². The van der Waals surface area contributed by atoms with Gasteiger partial charge >= 0.3 is 43.4 Å². The van der Waals surface area contributed by atoms with E-state index in [1.54, 1.807) is 10.9 Å². The molecule has 1 saturated heterocycles. The largest absolute Gasteiger partial charge is 2.00 e. The second-order valence-corrected chi connectivity index (χ2v) is 18.5. The van der Waals surface area contributed by atoms with Crippen LogP contribution in [0.4, 0.5) is 0 Å². The molecule has 7 heterocycles. The van der Waals surface area contributed by atoms with Gasteiger partial charge in [-0.3, -0.25) is 19.2 Å². The van der Waals surface area contributed by atoms with Gasteiger partial charge in [-0.1, -0.05) is 133 Å². The van der Waals surface area contributed by atoms with Crippen molar-refractivity contribution in [1.82, 2.24) is 34.9 Å². The molecular weight excluding hydrogens is 1060 g/mol. The van der Waals surface area contributed by atoms with E-state index in [-0.39, 0.29) is 26.1 Å². The van der Waals surface area contributed by atoms with E-state index >= 15 is 0 Å². The molecule has 11 rings (SSSR count). The molecule has 3 aliphatic rings. The molecule has 4 aromatic carbocycles. The Morgan fingerprint density at radius 1 is 0.506 bits per heavy atom. The zero-order valence-electron chi connectivity index (χ0n) is 43.4. The Morgan fingerprint density at radius 2 is 0.911 bits per heavy atom. The van der Waals surface area contributed by atoms with Gasteiger partial charge in [0.15, 0.2) is 24.6 Å². The van der Waals surface area contributed by atoms with Gasteiger partial charge in [0.05, 0.1) is 41.3 Å². The maximum Gasteiger partial charge on any atom is 2.00 e. The Bertz CT molecular complexity index is 3780. The molecule has 0 spiro atoms. The molecule has 4 aromatic heterocycles. The van der Waals surface area contributed by atoms with E-state index < -0.39 is 61.2 Å². The monoisotopic (exact) mass is 1100 g/mol. The quantitative estimate of drug-likeness (QED) is 0.0598. The molecule has 0 N–H and O–H groups in total. The number of nitrogens with zero attached hydrogens (tertiary/aromatic N) is 7. The van der Waals surface area contributed by atoms with Crippen LogP contribution in [0, 0.1) is 0 Å². The number of ether oxygens (including phenoxy) is 6. The summed E-state index contributed by atoms with van der Waals surface area (Å²) in [6.07, 6.45) is 3.09. The first-order chi connectivity index (χ1) is 37.9. The van der Waals surface area contributed by atoms with Crippen LogP contribution in [0.3, 0.4) is 0 Å². The third kappa shape index (κ3) is 11.5. The summed E-state index contributed by atoms with van der Waals surface area (Å²) < 4.78 is 35.6. The molecule has 0 unspecified atom stereocenters. The Balaban J connectivity index is 0.00000704. The Hall–Kier alpha value is -8.96. The van der Waals surface area contributed by atoms with Crippen LogP contribution in [0.5, 0.6) is 0 Å². The fourth-order valence-corrected chi connectivity index (χ4v) is 9.85. The van der Waals surface area contributed by atoms with Crippen LogP contribution >= 0.6 is 0 Å². The molecule has 18 heteroatoms. The molecule has 17 nitrogen and oxygen atoms in total. The third-order valence-electron chi connectivity index (χ3n) is 13.1. The number of hydrogen-bond acceptors (Lipinski definition) is 14. The molecular formula is C61H49N7O10Zn. The summed E-state index contributed by atoms with van der Waals surface area (Å²) in [5.41, 5.74) is 14.1. The SMILES string of the molecule is CC(=O)OC[C@H]1O[C@@H](OCc2cn(-c3ccc(-c4c5nc(c(-c6ccccc6)c6ccc([n-]6)c(-c6ccccc6)c6nc(c(-c7ccccc7)c7ccc4[n-]7)C=C6)C=C5)cc3)nn2)[C@H](OC(C)=O)[C@@H](OC(C)=O)[C@@H]1OC(C)=O.[Zn+2]. The maximum absolute atomic E-state index is 12.4. The topological polar surface area (TPSA) is 208 Å². The summed E-state index contributed by atoms with van der Waals surface area (Å²) in [5, 5.41) is 8.71. The molecule has 0 saturated carbocycles. The summed E-state index contributed by atoms with van der Waals surface area (Å²) in [6, 6.07) is 46.4. The average molecular weight is 1110 g/mol. The molecule has 8 bridgehead atoms. The fraction of sp³-hybridized carbons (Fsp3) is 0.180. The first kappa shape index (κ1) is 53.4. The number of carbonyl (C=O) groups is 4. The van der Waals surface area contributed by atoms with Gasteiger partial charge in [-0.25, -0.2) is 14.6 Å². The Labute approximate surface area is 466 Å². The number of benzene rings is 4. The molecule has 0 radical (unpaired) electrons. The van der Waals surface area contributed by atoms with Crippen LogP contribution in [0.15, 0.2) is 146 Å². The van der Waals surface area contributed by atoms with E-state index in [9.17, 15) is 19.2 Å². The van der Waals surface area contributed by atoms with Crippen LogP contribution in [0.2, 0.25) is 0 Å². The number of rotatable bonds is 13. The molecule has 79 heavy (non-hydrogen) atoms. The van der Waals surface area contributed by atoms with E-state index in [1.807, 2.05) is 115 Å². The second kappa shape index (κ2) is 23.3. The second-order valence-electron chi connectivity index (χ2n) is 18.5. The molecule has 390 valence electrons. The summed E-state index contributed by atoms with van der Waals surface area (Å²) in [4.78, 5) is 70.3. The van der Waals surface area contributed by atoms with Crippen molar-refractivity contribution in [2.75, 3.05) is 6.61 Å². The molecule has 0 aliphatic carbocycles. The molecule has 1 fully saturated rings. The minimum atomic E-state index is -1.40. The molecule has 5 atom stereocenters. The Morgan fingerprint density at radius 3 is 1.33 bits per heavy atom. The van der Waals surface area contributed by atoms with Crippen LogP contribution in [0.1, 0.15) is 56.2 Å². The minimum absolute atomic E-state index is 0. The van der Waals surface area contributed by atoms with Gasteiger partial charge in [0.2, 0.25) is 0 Å². The number of carbonyl (C=O) groups excluding carboxylic acids is 4. The predicted molar refractivity (Wildman–Crippen MR) is 290 cm³/mol. The fourth-order valence-electron chi connectivity index (χ4n) is 9.85. The van der Waals surface area contributed by atoms with Gasteiger partial charge in [-0.05, 0) is 80.9 Å². The number of fused-ring (bicyclic) bond motifs is 8. The van der Waals surface area contributed by atoms with Crippen molar-refractivity contribution >= 4 is 70.2 Å². The van der Waals surface area contributed by atoms with E-state index in [0.29, 0.717) is 22.6 Å². The van der Waals surface area contributed by atoms with Gasteiger partial charge in [0.25, 0.3) is 0 Å². The molecule has 0 amide bonds. The van der Waals surface area contributed by atoms with Crippen molar-refractivity contribution in [2.45, 2.75) is 65.0 Å². The predicted octanol–water partition coefficient (Wildman–Crippen LogP) is 9.76.